The van der Waals surface area contributed by atoms with Crippen LogP contribution in [0, 0.1) is 12.7 Å². The highest BCUT2D eigenvalue weighted by Gasteiger charge is 2.24. The molecule has 0 fully saturated rings. The van der Waals surface area contributed by atoms with Crippen molar-refractivity contribution >= 4 is 11.6 Å². The summed E-state index contributed by atoms with van der Waals surface area (Å²) in [4.78, 5) is 19.3. The van der Waals surface area contributed by atoms with Gasteiger partial charge in [-0.25, -0.2) is 13.9 Å². The van der Waals surface area contributed by atoms with E-state index in [2.05, 4.69) is 15.2 Å². The minimum atomic E-state index is -0.298. The first-order valence-corrected chi connectivity index (χ1v) is 10.3. The average Bonchev–Trinajstić information content (AvgIpc) is 3.38. The van der Waals surface area contributed by atoms with E-state index in [4.69, 9.17) is 0 Å². The summed E-state index contributed by atoms with van der Waals surface area (Å²) in [7, 11) is 1.74. The third-order valence-electron chi connectivity index (χ3n) is 5.69. The second-order valence-electron chi connectivity index (χ2n) is 7.48. The van der Waals surface area contributed by atoms with Gasteiger partial charge in [0.1, 0.15) is 5.82 Å². The number of amides is 1. The van der Waals surface area contributed by atoms with Gasteiger partial charge in [0.25, 0.3) is 5.91 Å². The zero-order valence-corrected chi connectivity index (χ0v) is 18.1. The van der Waals surface area contributed by atoms with E-state index in [1.165, 1.54) is 12.1 Å². The van der Waals surface area contributed by atoms with Crippen LogP contribution >= 0.6 is 0 Å². The fourth-order valence-electron chi connectivity index (χ4n) is 3.96. The number of halogens is 1. The van der Waals surface area contributed by atoms with Crippen LogP contribution in [0.5, 0.6) is 0 Å². The number of hydrogen-bond donors (Lipinski definition) is 0. The highest BCUT2D eigenvalue weighted by molar-refractivity contribution is 5.93. The lowest BCUT2D eigenvalue weighted by Gasteiger charge is -2.27. The van der Waals surface area contributed by atoms with Crippen molar-refractivity contribution in [2.24, 2.45) is 0 Å². The minimum Gasteiger partial charge on any atom is -0.333 e. The molecule has 4 rings (SSSR count). The van der Waals surface area contributed by atoms with Crippen molar-refractivity contribution in [1.82, 2.24) is 29.3 Å². The molecular formula is C23H25FN6O. The van der Waals surface area contributed by atoms with Crippen molar-refractivity contribution < 1.29 is 9.18 Å². The SMILES string of the molecule is CC[C@H](c1ccc(F)cc1)N(C)C(=O)c1cc2nccc(-c3cnn(CC)c3C)n2n1. The van der Waals surface area contributed by atoms with Gasteiger partial charge in [-0.3, -0.25) is 9.48 Å². The number of hydrogen-bond acceptors (Lipinski definition) is 4. The standard InChI is InChI=1S/C23H25FN6O/c1-5-20(16-7-9-17(24)10-8-16)28(4)23(31)19-13-22-25-12-11-21(30(22)27-19)18-14-26-29(6-2)15(18)3/h7-14,20H,5-6H2,1-4H3/t20-/m1/s1. The Morgan fingerprint density at radius 2 is 1.94 bits per heavy atom. The molecule has 0 radical (unpaired) electrons. The Kier molecular flexibility index (Phi) is 5.54. The molecule has 7 nitrogen and oxygen atoms in total. The first kappa shape index (κ1) is 20.7. The summed E-state index contributed by atoms with van der Waals surface area (Å²) >= 11 is 0. The van der Waals surface area contributed by atoms with E-state index in [9.17, 15) is 9.18 Å². The maximum absolute atomic E-state index is 13.3. The summed E-state index contributed by atoms with van der Waals surface area (Å²) in [5.74, 6) is -0.512. The molecule has 0 spiro atoms. The van der Waals surface area contributed by atoms with E-state index in [-0.39, 0.29) is 17.8 Å². The quantitative estimate of drug-likeness (QED) is 0.467. The van der Waals surface area contributed by atoms with Gasteiger partial charge in [0.15, 0.2) is 11.3 Å². The summed E-state index contributed by atoms with van der Waals surface area (Å²) in [5, 5.41) is 8.99. The van der Waals surface area contributed by atoms with Crippen molar-refractivity contribution in [3.8, 4) is 11.3 Å². The molecule has 0 saturated heterocycles. The minimum absolute atomic E-state index is 0.185. The second kappa shape index (κ2) is 8.29. The first-order valence-electron chi connectivity index (χ1n) is 10.3. The molecule has 3 heterocycles. The number of carbonyl (C=O) groups excluding carboxylic acids is 1. The lowest BCUT2D eigenvalue weighted by Crippen LogP contribution is -2.31. The number of benzene rings is 1. The number of carbonyl (C=O) groups is 1. The van der Waals surface area contributed by atoms with E-state index in [1.807, 2.05) is 37.7 Å². The predicted molar refractivity (Wildman–Crippen MR) is 116 cm³/mol. The number of aromatic nitrogens is 5. The van der Waals surface area contributed by atoms with Crippen LogP contribution in [0.15, 0.2) is 48.8 Å². The molecular weight excluding hydrogens is 395 g/mol. The van der Waals surface area contributed by atoms with Crippen molar-refractivity contribution in [3.05, 3.63) is 71.6 Å². The second-order valence-corrected chi connectivity index (χ2v) is 7.48. The molecule has 3 aromatic heterocycles. The Balaban J connectivity index is 1.70. The zero-order valence-electron chi connectivity index (χ0n) is 18.1. The summed E-state index contributed by atoms with van der Waals surface area (Å²) in [5.41, 5.74) is 4.58. The highest BCUT2D eigenvalue weighted by Crippen LogP contribution is 2.26. The van der Waals surface area contributed by atoms with Crippen LogP contribution in [0.2, 0.25) is 0 Å². The molecule has 1 amide bonds. The summed E-state index contributed by atoms with van der Waals surface area (Å²) in [6.45, 7) is 6.82. The van der Waals surface area contributed by atoms with Gasteiger partial charge in [0.05, 0.1) is 17.9 Å². The normalized spacial score (nSPS) is 12.3. The first-order chi connectivity index (χ1) is 14.9. The van der Waals surface area contributed by atoms with Crippen LogP contribution in [0.4, 0.5) is 4.39 Å². The summed E-state index contributed by atoms with van der Waals surface area (Å²) in [6, 6.07) is 9.63. The van der Waals surface area contributed by atoms with E-state index >= 15 is 0 Å². The Morgan fingerprint density at radius 3 is 2.58 bits per heavy atom. The molecule has 0 saturated carbocycles. The van der Waals surface area contributed by atoms with Crippen molar-refractivity contribution in [3.63, 3.8) is 0 Å². The Bertz CT molecular complexity index is 1230. The van der Waals surface area contributed by atoms with Crippen LogP contribution in [-0.4, -0.2) is 42.2 Å². The van der Waals surface area contributed by atoms with Gasteiger partial charge in [-0.05, 0) is 44.0 Å². The number of aryl methyl sites for hydroxylation is 1. The number of nitrogens with zero attached hydrogens (tertiary/aromatic N) is 6. The molecule has 0 aliphatic carbocycles. The molecule has 8 heteroatoms. The Morgan fingerprint density at radius 1 is 1.19 bits per heavy atom. The highest BCUT2D eigenvalue weighted by atomic mass is 19.1. The third-order valence-corrected chi connectivity index (χ3v) is 5.69. The Hall–Kier alpha value is -3.55. The topological polar surface area (TPSA) is 68.3 Å². The lowest BCUT2D eigenvalue weighted by atomic mass is 10.0. The van der Waals surface area contributed by atoms with E-state index in [1.54, 1.807) is 40.9 Å². The van der Waals surface area contributed by atoms with Gasteiger partial charge < -0.3 is 4.90 Å². The van der Waals surface area contributed by atoms with Crippen LogP contribution in [0.1, 0.15) is 48.1 Å². The molecule has 0 N–H and O–H groups in total. The molecule has 0 unspecified atom stereocenters. The van der Waals surface area contributed by atoms with E-state index in [0.717, 1.165) is 29.1 Å². The van der Waals surface area contributed by atoms with Crippen LogP contribution in [0.25, 0.3) is 16.9 Å². The number of rotatable bonds is 6. The van der Waals surface area contributed by atoms with Gasteiger partial charge >= 0.3 is 0 Å². The largest absolute Gasteiger partial charge is 0.333 e. The summed E-state index contributed by atoms with van der Waals surface area (Å²) in [6.07, 6.45) is 4.21. The fourth-order valence-corrected chi connectivity index (χ4v) is 3.96. The van der Waals surface area contributed by atoms with Crippen molar-refractivity contribution in [1.29, 1.82) is 0 Å². The Labute approximate surface area is 180 Å². The molecule has 0 bridgehead atoms. The predicted octanol–water partition coefficient (Wildman–Crippen LogP) is 4.28. The van der Waals surface area contributed by atoms with Gasteiger partial charge in [-0.15, -0.1) is 0 Å². The molecule has 0 aliphatic heterocycles. The van der Waals surface area contributed by atoms with Crippen molar-refractivity contribution in [2.75, 3.05) is 7.05 Å². The smallest absolute Gasteiger partial charge is 0.274 e. The van der Waals surface area contributed by atoms with E-state index < -0.39 is 0 Å². The monoisotopic (exact) mass is 420 g/mol. The van der Waals surface area contributed by atoms with Crippen LogP contribution < -0.4 is 0 Å². The molecule has 160 valence electrons. The van der Waals surface area contributed by atoms with Gasteiger partial charge in [0.2, 0.25) is 0 Å². The van der Waals surface area contributed by atoms with Gasteiger partial charge in [0, 0.05) is 37.1 Å². The lowest BCUT2D eigenvalue weighted by molar-refractivity contribution is 0.0720. The maximum Gasteiger partial charge on any atom is 0.274 e. The summed E-state index contributed by atoms with van der Waals surface area (Å²) < 4.78 is 16.9. The van der Waals surface area contributed by atoms with Crippen LogP contribution in [0.3, 0.4) is 0 Å². The average molecular weight is 420 g/mol. The van der Waals surface area contributed by atoms with Crippen LogP contribution in [-0.2, 0) is 6.54 Å². The molecule has 4 aromatic rings. The maximum atomic E-state index is 13.3. The number of fused-ring (bicyclic) bond motifs is 1. The molecule has 0 aliphatic rings. The molecule has 31 heavy (non-hydrogen) atoms. The van der Waals surface area contributed by atoms with Crippen molar-refractivity contribution in [2.45, 2.75) is 39.8 Å². The van der Waals surface area contributed by atoms with E-state index in [0.29, 0.717) is 17.8 Å². The third kappa shape index (κ3) is 3.69. The zero-order chi connectivity index (χ0) is 22.1. The molecule has 1 atom stereocenters. The fraction of sp³-hybridized carbons (Fsp3) is 0.304. The molecule has 1 aromatic carbocycles. The van der Waals surface area contributed by atoms with Gasteiger partial charge in [-0.2, -0.15) is 10.2 Å². The van der Waals surface area contributed by atoms with Gasteiger partial charge in [-0.1, -0.05) is 19.1 Å².